The summed E-state index contributed by atoms with van der Waals surface area (Å²) in [5.74, 6) is 1.10. The molecule has 2 spiro atoms. The van der Waals surface area contributed by atoms with E-state index in [0.29, 0.717) is 5.91 Å². The van der Waals surface area contributed by atoms with Crippen LogP contribution in [0, 0.1) is 17.8 Å². The molecule has 7 heteroatoms. The van der Waals surface area contributed by atoms with Gasteiger partial charge in [0.05, 0.1) is 5.41 Å². The van der Waals surface area contributed by atoms with Gasteiger partial charge in [0.25, 0.3) is 0 Å². The summed E-state index contributed by atoms with van der Waals surface area (Å²) in [6, 6.07) is 6.32. The second-order valence-corrected chi connectivity index (χ2v) is 10.4. The third-order valence-corrected chi connectivity index (χ3v) is 8.41. The number of aromatic nitrogens is 2. The first-order valence-electron chi connectivity index (χ1n) is 10.6. The Hall–Kier alpha value is -1.99. The van der Waals surface area contributed by atoms with Crippen molar-refractivity contribution in [2.24, 2.45) is 10.8 Å². The number of fused-ring (bicyclic) bond motifs is 1. The van der Waals surface area contributed by atoms with Crippen LogP contribution in [0.3, 0.4) is 0 Å². The fourth-order valence-electron chi connectivity index (χ4n) is 5.80. The molecule has 2 aromatic rings. The van der Waals surface area contributed by atoms with Gasteiger partial charge in [-0.25, -0.2) is 9.97 Å². The molecular weight excluding hydrogens is 382 g/mol. The highest BCUT2D eigenvalue weighted by atomic mass is 32.1. The van der Waals surface area contributed by atoms with Crippen molar-refractivity contribution < 1.29 is 4.79 Å². The van der Waals surface area contributed by atoms with Gasteiger partial charge in [-0.15, -0.1) is 11.3 Å². The Morgan fingerprint density at radius 1 is 1.07 bits per heavy atom. The van der Waals surface area contributed by atoms with E-state index in [1.54, 1.807) is 12.4 Å². The SMILES string of the molecule is Cc1ccc(CN2CCC3(CC2)CN(c2ncccn2)CC32CCN(C)C2=O)s1. The topological polar surface area (TPSA) is 52.6 Å². The maximum Gasteiger partial charge on any atom is 0.231 e. The molecule has 154 valence electrons. The molecule has 6 nitrogen and oxygen atoms in total. The summed E-state index contributed by atoms with van der Waals surface area (Å²) in [6.07, 6.45) is 6.69. The normalized spacial score (nSPS) is 26.9. The van der Waals surface area contributed by atoms with E-state index in [1.165, 1.54) is 9.75 Å². The van der Waals surface area contributed by atoms with Crippen LogP contribution in [0.1, 0.15) is 29.0 Å². The van der Waals surface area contributed by atoms with Crippen molar-refractivity contribution in [3.8, 4) is 0 Å². The van der Waals surface area contributed by atoms with Crippen molar-refractivity contribution in [3.05, 3.63) is 40.3 Å². The highest BCUT2D eigenvalue weighted by Gasteiger charge is 2.65. The van der Waals surface area contributed by atoms with Crippen LogP contribution in [0.2, 0.25) is 0 Å². The third-order valence-electron chi connectivity index (χ3n) is 7.42. The summed E-state index contributed by atoms with van der Waals surface area (Å²) in [6.45, 7) is 7.82. The molecule has 5 rings (SSSR count). The van der Waals surface area contributed by atoms with Gasteiger partial charge in [-0.1, -0.05) is 0 Å². The Bertz CT molecular complexity index is 892. The molecule has 3 saturated heterocycles. The average Bonchev–Trinajstić information content (AvgIpc) is 3.38. The number of likely N-dealkylation sites (tertiary alicyclic amines) is 2. The van der Waals surface area contributed by atoms with Crippen LogP contribution in [0.15, 0.2) is 30.6 Å². The van der Waals surface area contributed by atoms with E-state index < -0.39 is 0 Å². The van der Waals surface area contributed by atoms with Crippen molar-refractivity contribution in [3.63, 3.8) is 0 Å². The molecule has 3 aliphatic rings. The van der Waals surface area contributed by atoms with Crippen molar-refractivity contribution in [2.75, 3.05) is 44.7 Å². The fraction of sp³-hybridized carbons (Fsp3) is 0.591. The number of hydrogen-bond donors (Lipinski definition) is 0. The van der Waals surface area contributed by atoms with Crippen molar-refractivity contribution in [1.29, 1.82) is 0 Å². The van der Waals surface area contributed by atoms with Crippen molar-refractivity contribution >= 4 is 23.2 Å². The quantitative estimate of drug-likeness (QED) is 0.777. The standard InChI is InChI=1S/C22H29N5OS/c1-17-4-5-18(29-17)14-26-12-6-21(7-13-26)15-27(20-23-9-3-10-24-20)16-22(21)8-11-25(2)19(22)28/h3-5,9-10H,6-8,11-16H2,1-2H3. The minimum atomic E-state index is -0.285. The first-order chi connectivity index (χ1) is 14.0. The van der Waals surface area contributed by atoms with Crippen LogP contribution >= 0.6 is 11.3 Å². The highest BCUT2D eigenvalue weighted by Crippen LogP contribution is 2.58. The molecule has 0 N–H and O–H groups in total. The lowest BCUT2D eigenvalue weighted by Gasteiger charge is -2.46. The molecule has 2 aromatic heterocycles. The Labute approximate surface area is 176 Å². The Balaban J connectivity index is 1.39. The van der Waals surface area contributed by atoms with E-state index in [9.17, 15) is 4.79 Å². The van der Waals surface area contributed by atoms with Crippen LogP contribution in [0.5, 0.6) is 0 Å². The molecular formula is C22H29N5OS. The molecule has 5 heterocycles. The van der Waals surface area contributed by atoms with Gasteiger partial charge in [0.2, 0.25) is 11.9 Å². The minimum absolute atomic E-state index is 0.0237. The van der Waals surface area contributed by atoms with Crippen LogP contribution < -0.4 is 4.90 Å². The van der Waals surface area contributed by atoms with Gasteiger partial charge >= 0.3 is 0 Å². The molecule has 0 radical (unpaired) electrons. The number of nitrogens with zero attached hydrogens (tertiary/aromatic N) is 5. The van der Waals surface area contributed by atoms with Crippen LogP contribution in [-0.2, 0) is 11.3 Å². The van der Waals surface area contributed by atoms with E-state index in [4.69, 9.17) is 0 Å². The summed E-state index contributed by atoms with van der Waals surface area (Å²) in [5.41, 5.74) is -0.261. The number of carbonyl (C=O) groups excluding carboxylic acids is 1. The van der Waals surface area contributed by atoms with E-state index in [-0.39, 0.29) is 10.8 Å². The number of amides is 1. The van der Waals surface area contributed by atoms with E-state index in [0.717, 1.165) is 64.5 Å². The monoisotopic (exact) mass is 411 g/mol. The second kappa shape index (κ2) is 7.06. The number of aryl methyl sites for hydroxylation is 1. The molecule has 3 fully saturated rings. The van der Waals surface area contributed by atoms with Gasteiger partial charge in [0.1, 0.15) is 0 Å². The third kappa shape index (κ3) is 3.06. The largest absolute Gasteiger partial charge is 0.345 e. The Morgan fingerprint density at radius 3 is 2.45 bits per heavy atom. The number of anilines is 1. The molecule has 1 unspecified atom stereocenters. The van der Waals surface area contributed by atoms with Gasteiger partial charge in [-0.3, -0.25) is 9.69 Å². The number of thiophene rings is 1. The zero-order valence-electron chi connectivity index (χ0n) is 17.3. The maximum atomic E-state index is 13.4. The van der Waals surface area contributed by atoms with E-state index in [1.807, 2.05) is 29.4 Å². The van der Waals surface area contributed by atoms with Gasteiger partial charge in [0.15, 0.2) is 0 Å². The molecule has 3 aliphatic heterocycles. The van der Waals surface area contributed by atoms with E-state index >= 15 is 0 Å². The number of piperidine rings is 1. The zero-order valence-corrected chi connectivity index (χ0v) is 18.1. The van der Waals surface area contributed by atoms with Crippen LogP contribution in [-0.4, -0.2) is 65.4 Å². The maximum absolute atomic E-state index is 13.4. The van der Waals surface area contributed by atoms with Gasteiger partial charge < -0.3 is 9.80 Å². The molecule has 29 heavy (non-hydrogen) atoms. The van der Waals surface area contributed by atoms with Crippen molar-refractivity contribution in [2.45, 2.75) is 32.7 Å². The van der Waals surface area contributed by atoms with Crippen LogP contribution in [0.25, 0.3) is 0 Å². The van der Waals surface area contributed by atoms with E-state index in [2.05, 4.69) is 38.8 Å². The fourth-order valence-corrected chi connectivity index (χ4v) is 6.73. The molecule has 0 aliphatic carbocycles. The molecule has 0 aromatic carbocycles. The predicted molar refractivity (Wildman–Crippen MR) is 115 cm³/mol. The summed E-state index contributed by atoms with van der Waals surface area (Å²) in [7, 11) is 1.96. The predicted octanol–water partition coefficient (Wildman–Crippen LogP) is 2.80. The lowest BCUT2D eigenvalue weighted by molar-refractivity contribution is -0.141. The first kappa shape index (κ1) is 19.0. The Morgan fingerprint density at radius 2 is 1.83 bits per heavy atom. The minimum Gasteiger partial charge on any atom is -0.345 e. The smallest absolute Gasteiger partial charge is 0.231 e. The summed E-state index contributed by atoms with van der Waals surface area (Å²) < 4.78 is 0. The second-order valence-electron chi connectivity index (χ2n) is 9.03. The molecule has 0 saturated carbocycles. The lowest BCUT2D eigenvalue weighted by atomic mass is 9.60. The molecule has 0 bridgehead atoms. The zero-order chi connectivity index (χ0) is 20.1. The number of carbonyl (C=O) groups is 1. The molecule has 1 atom stereocenters. The van der Waals surface area contributed by atoms with Crippen LogP contribution in [0.4, 0.5) is 5.95 Å². The number of hydrogen-bond acceptors (Lipinski definition) is 6. The average molecular weight is 412 g/mol. The first-order valence-corrected chi connectivity index (χ1v) is 11.4. The molecule has 1 amide bonds. The van der Waals surface area contributed by atoms with Crippen molar-refractivity contribution in [1.82, 2.24) is 19.8 Å². The summed E-state index contributed by atoms with van der Waals surface area (Å²) >= 11 is 1.90. The number of rotatable bonds is 3. The highest BCUT2D eigenvalue weighted by molar-refractivity contribution is 7.11. The summed E-state index contributed by atoms with van der Waals surface area (Å²) in [5, 5.41) is 0. The van der Waals surface area contributed by atoms with Gasteiger partial charge in [-0.05, 0) is 57.5 Å². The van der Waals surface area contributed by atoms with Gasteiger partial charge in [-0.2, -0.15) is 0 Å². The van der Waals surface area contributed by atoms with Gasteiger partial charge in [0, 0.05) is 60.8 Å². The lowest BCUT2D eigenvalue weighted by Crippen LogP contribution is -2.52. The Kier molecular flexibility index (Phi) is 4.62. The summed E-state index contributed by atoms with van der Waals surface area (Å²) in [4.78, 5) is 32.0.